The summed E-state index contributed by atoms with van der Waals surface area (Å²) in [5, 5.41) is 4.81. The highest BCUT2D eigenvalue weighted by Gasteiger charge is 2.30. The molecule has 1 rings (SSSR count). The van der Waals surface area contributed by atoms with Crippen LogP contribution in [0, 0.1) is 0 Å². The molecule has 0 radical (unpaired) electrons. The molecule has 1 heterocycles. The van der Waals surface area contributed by atoms with E-state index in [1.54, 1.807) is 0 Å². The maximum atomic E-state index is 12.3. The summed E-state index contributed by atoms with van der Waals surface area (Å²) in [5.41, 5.74) is -0.804. The largest absolute Gasteiger partial charge is 0.416 e. The zero-order chi connectivity index (χ0) is 12.2. The Bertz CT molecular complexity index is 379. The summed E-state index contributed by atoms with van der Waals surface area (Å²) in [6, 6.07) is 1.72. The summed E-state index contributed by atoms with van der Waals surface area (Å²) >= 11 is 0. The first-order valence-corrected chi connectivity index (χ1v) is 4.41. The second-order valence-corrected chi connectivity index (χ2v) is 2.95. The third-order valence-electron chi connectivity index (χ3n) is 1.80. The van der Waals surface area contributed by atoms with Gasteiger partial charge in [-0.15, -0.1) is 0 Å². The third-order valence-corrected chi connectivity index (χ3v) is 1.80. The van der Waals surface area contributed by atoms with Crippen molar-refractivity contribution in [1.29, 1.82) is 0 Å². The Balaban J connectivity index is 2.72. The van der Waals surface area contributed by atoms with E-state index >= 15 is 0 Å². The minimum Gasteiger partial charge on any atom is -0.361 e. The second kappa shape index (κ2) is 4.82. The summed E-state index contributed by atoms with van der Waals surface area (Å²) < 4.78 is 36.9. The highest BCUT2D eigenvalue weighted by molar-refractivity contribution is 5.80. The zero-order valence-electron chi connectivity index (χ0n) is 8.43. The molecule has 0 aliphatic carbocycles. The molecule has 0 spiro atoms. The number of likely N-dealkylation sites (N-methyl/N-ethyl adjacent to an activating group) is 1. The molecular weight excluding hydrogens is 223 g/mol. The van der Waals surface area contributed by atoms with Gasteiger partial charge in [0.15, 0.2) is 0 Å². The van der Waals surface area contributed by atoms with Gasteiger partial charge in [0.2, 0.25) is 5.91 Å². The lowest BCUT2D eigenvalue weighted by molar-refractivity contribution is -0.137. The van der Waals surface area contributed by atoms with Crippen molar-refractivity contribution in [3.63, 3.8) is 0 Å². The fourth-order valence-corrected chi connectivity index (χ4v) is 0.963. The van der Waals surface area contributed by atoms with Crippen molar-refractivity contribution >= 4 is 11.7 Å². The van der Waals surface area contributed by atoms with Crippen molar-refractivity contribution in [2.45, 2.75) is 6.18 Å². The van der Waals surface area contributed by atoms with Crippen LogP contribution in [0.2, 0.25) is 0 Å². The number of hydrogen-bond donors (Lipinski definition) is 2. The minimum atomic E-state index is -4.41. The number of nitrogens with one attached hydrogen (secondary N) is 2. The molecule has 0 atom stereocenters. The molecule has 1 aromatic rings. The molecule has 2 N–H and O–H groups in total. The average Bonchev–Trinajstić information content (AvgIpc) is 2.25. The van der Waals surface area contributed by atoms with Gasteiger partial charge in [-0.25, -0.2) is 4.98 Å². The Morgan fingerprint density at radius 3 is 2.75 bits per heavy atom. The summed E-state index contributed by atoms with van der Waals surface area (Å²) in [7, 11) is 1.43. The second-order valence-electron chi connectivity index (χ2n) is 2.95. The van der Waals surface area contributed by atoms with Crippen LogP contribution < -0.4 is 10.6 Å². The van der Waals surface area contributed by atoms with Crippen molar-refractivity contribution in [3.05, 3.63) is 23.9 Å². The Kier molecular flexibility index (Phi) is 3.70. The molecule has 7 heteroatoms. The van der Waals surface area contributed by atoms with E-state index in [1.807, 2.05) is 0 Å². The normalized spacial score (nSPS) is 11.0. The maximum absolute atomic E-state index is 12.3. The van der Waals surface area contributed by atoms with Crippen LogP contribution in [0.1, 0.15) is 5.56 Å². The van der Waals surface area contributed by atoms with Gasteiger partial charge in [0, 0.05) is 13.2 Å². The van der Waals surface area contributed by atoms with Crippen molar-refractivity contribution in [2.24, 2.45) is 0 Å². The number of carbonyl (C=O) groups excluding carboxylic acids is 1. The van der Waals surface area contributed by atoms with Gasteiger partial charge in [0.05, 0.1) is 12.1 Å². The van der Waals surface area contributed by atoms with Crippen molar-refractivity contribution in [3.8, 4) is 0 Å². The summed E-state index contributed by atoms with van der Waals surface area (Å²) in [6.45, 7) is -0.120. The standard InChI is InChI=1S/C9H10F3N3O/c1-13-8(16)5-15-7-4-6(2-3-14-7)9(10,11)12/h2-4H,5H2,1H3,(H,13,16)(H,14,15). The van der Waals surface area contributed by atoms with Gasteiger partial charge in [0.25, 0.3) is 0 Å². The molecular formula is C9H10F3N3O. The number of rotatable bonds is 3. The van der Waals surface area contributed by atoms with Crippen LogP contribution in [-0.2, 0) is 11.0 Å². The molecule has 0 aromatic carbocycles. The quantitative estimate of drug-likeness (QED) is 0.826. The predicted molar refractivity (Wildman–Crippen MR) is 51.8 cm³/mol. The van der Waals surface area contributed by atoms with E-state index in [2.05, 4.69) is 15.6 Å². The Hall–Kier alpha value is -1.79. The Morgan fingerprint density at radius 2 is 2.19 bits per heavy atom. The van der Waals surface area contributed by atoms with Crippen molar-refractivity contribution < 1.29 is 18.0 Å². The minimum absolute atomic E-state index is 0.0124. The molecule has 0 aliphatic heterocycles. The summed E-state index contributed by atoms with van der Waals surface area (Å²) in [4.78, 5) is 14.5. The maximum Gasteiger partial charge on any atom is 0.416 e. The Labute approximate surface area is 89.9 Å². The smallest absolute Gasteiger partial charge is 0.361 e. The fourth-order valence-electron chi connectivity index (χ4n) is 0.963. The lowest BCUT2D eigenvalue weighted by Crippen LogP contribution is -2.26. The van der Waals surface area contributed by atoms with Crippen molar-refractivity contribution in [2.75, 3.05) is 18.9 Å². The number of halogens is 3. The van der Waals surface area contributed by atoms with Gasteiger partial charge in [-0.2, -0.15) is 13.2 Å². The van der Waals surface area contributed by atoms with Crippen LogP contribution in [-0.4, -0.2) is 24.5 Å². The molecule has 0 saturated carbocycles. The monoisotopic (exact) mass is 233 g/mol. The van der Waals surface area contributed by atoms with Gasteiger partial charge < -0.3 is 10.6 Å². The zero-order valence-corrected chi connectivity index (χ0v) is 8.43. The number of alkyl halides is 3. The average molecular weight is 233 g/mol. The number of pyridine rings is 1. The highest BCUT2D eigenvalue weighted by Crippen LogP contribution is 2.29. The summed E-state index contributed by atoms with van der Waals surface area (Å²) in [5.74, 6) is -0.322. The lowest BCUT2D eigenvalue weighted by atomic mass is 10.2. The molecule has 0 aliphatic rings. The van der Waals surface area contributed by atoms with Crippen LogP contribution in [0.4, 0.5) is 19.0 Å². The van der Waals surface area contributed by atoms with E-state index in [-0.39, 0.29) is 18.3 Å². The number of aromatic nitrogens is 1. The van der Waals surface area contributed by atoms with Crippen LogP contribution >= 0.6 is 0 Å². The van der Waals surface area contributed by atoms with E-state index in [9.17, 15) is 18.0 Å². The van der Waals surface area contributed by atoms with Gasteiger partial charge in [0.1, 0.15) is 5.82 Å². The van der Waals surface area contributed by atoms with Crippen molar-refractivity contribution in [1.82, 2.24) is 10.3 Å². The van der Waals surface area contributed by atoms with Gasteiger partial charge >= 0.3 is 6.18 Å². The van der Waals surface area contributed by atoms with E-state index in [0.29, 0.717) is 0 Å². The van der Waals surface area contributed by atoms with Gasteiger partial charge in [-0.3, -0.25) is 4.79 Å². The molecule has 0 saturated heterocycles. The van der Waals surface area contributed by atoms with Gasteiger partial charge in [-0.05, 0) is 12.1 Å². The third kappa shape index (κ3) is 3.41. The summed E-state index contributed by atoms with van der Waals surface area (Å²) in [6.07, 6.45) is -3.37. The molecule has 0 unspecified atom stereocenters. The number of anilines is 1. The van der Waals surface area contributed by atoms with E-state index in [4.69, 9.17) is 0 Å². The molecule has 0 bridgehead atoms. The number of carbonyl (C=O) groups is 1. The molecule has 4 nitrogen and oxygen atoms in total. The molecule has 16 heavy (non-hydrogen) atoms. The van der Waals surface area contributed by atoms with Crippen LogP contribution in [0.25, 0.3) is 0 Å². The van der Waals surface area contributed by atoms with Gasteiger partial charge in [-0.1, -0.05) is 0 Å². The number of hydrogen-bond acceptors (Lipinski definition) is 3. The topological polar surface area (TPSA) is 54.0 Å². The molecule has 0 fully saturated rings. The molecule has 1 amide bonds. The molecule has 1 aromatic heterocycles. The van der Waals surface area contributed by atoms with E-state index < -0.39 is 11.7 Å². The van der Waals surface area contributed by atoms with Crippen LogP contribution in [0.3, 0.4) is 0 Å². The predicted octanol–water partition coefficient (Wildman–Crippen LogP) is 1.26. The van der Waals surface area contributed by atoms with Crippen LogP contribution in [0.5, 0.6) is 0 Å². The fraction of sp³-hybridized carbons (Fsp3) is 0.333. The molecule has 88 valence electrons. The van der Waals surface area contributed by atoms with Crippen LogP contribution in [0.15, 0.2) is 18.3 Å². The first-order chi connectivity index (χ1) is 7.43. The number of nitrogens with zero attached hydrogens (tertiary/aromatic N) is 1. The van der Waals surface area contributed by atoms with E-state index in [0.717, 1.165) is 18.3 Å². The first kappa shape index (κ1) is 12.3. The Morgan fingerprint density at radius 1 is 1.50 bits per heavy atom. The van der Waals surface area contributed by atoms with E-state index in [1.165, 1.54) is 7.05 Å². The first-order valence-electron chi connectivity index (χ1n) is 4.41. The highest BCUT2D eigenvalue weighted by atomic mass is 19.4. The lowest BCUT2D eigenvalue weighted by Gasteiger charge is -2.09. The SMILES string of the molecule is CNC(=O)CNc1cc(C(F)(F)F)ccn1. The number of amides is 1.